The summed E-state index contributed by atoms with van der Waals surface area (Å²) in [5.74, 6) is 0.120. The van der Waals surface area contributed by atoms with Crippen LogP contribution in [0.2, 0.25) is 0 Å². The third-order valence-corrected chi connectivity index (χ3v) is 9.34. The first-order valence-electron chi connectivity index (χ1n) is 13.9. The molecular weight excluding hydrogens is 526 g/mol. The Hall–Kier alpha value is -3.69. The van der Waals surface area contributed by atoms with Crippen molar-refractivity contribution in [3.8, 4) is 5.75 Å². The van der Waals surface area contributed by atoms with E-state index in [0.29, 0.717) is 43.9 Å². The number of nitrogens with zero attached hydrogens (tertiary/aromatic N) is 2. The zero-order valence-electron chi connectivity index (χ0n) is 22.5. The van der Waals surface area contributed by atoms with Crippen LogP contribution in [0.3, 0.4) is 0 Å². The van der Waals surface area contributed by atoms with Crippen LogP contribution in [-0.2, 0) is 32.5 Å². The second-order valence-electron chi connectivity index (χ2n) is 10.2. The van der Waals surface area contributed by atoms with Crippen molar-refractivity contribution in [2.45, 2.75) is 49.5 Å². The molecule has 1 saturated heterocycles. The maximum Gasteiger partial charge on any atom is 0.262 e. The van der Waals surface area contributed by atoms with Gasteiger partial charge in [0, 0.05) is 26.1 Å². The number of rotatable bonds is 9. The first-order valence-corrected chi connectivity index (χ1v) is 15.3. The van der Waals surface area contributed by atoms with Gasteiger partial charge in [0.25, 0.3) is 5.91 Å². The first-order chi connectivity index (χ1) is 19.4. The number of carbonyl (C=O) groups excluding carboxylic acids is 2. The predicted molar refractivity (Wildman–Crippen MR) is 154 cm³/mol. The van der Waals surface area contributed by atoms with Crippen molar-refractivity contribution in [2.24, 2.45) is 0 Å². The molecule has 2 aliphatic rings. The number of fused-ring (bicyclic) bond motifs is 1. The number of carbonyl (C=O) groups is 2. The van der Waals surface area contributed by atoms with E-state index in [9.17, 15) is 18.0 Å². The molecule has 2 amide bonds. The third kappa shape index (κ3) is 6.54. The molecule has 0 radical (unpaired) electrons. The fourth-order valence-electron chi connectivity index (χ4n) is 5.16. The Morgan fingerprint density at radius 3 is 2.25 bits per heavy atom. The van der Waals surface area contributed by atoms with Crippen LogP contribution in [0.15, 0.2) is 83.8 Å². The second-order valence-corrected chi connectivity index (χ2v) is 12.2. The Morgan fingerprint density at radius 2 is 1.50 bits per heavy atom. The van der Waals surface area contributed by atoms with Crippen molar-refractivity contribution in [2.75, 3.05) is 31.1 Å². The normalized spacial score (nSPS) is 17.5. The minimum atomic E-state index is -3.49. The summed E-state index contributed by atoms with van der Waals surface area (Å²) in [6.45, 7) is 1.72. The lowest BCUT2D eigenvalue weighted by Gasteiger charge is -2.34. The average molecular weight is 562 g/mol. The topological polar surface area (TPSA) is 96.0 Å². The molecule has 0 aliphatic carbocycles. The number of benzene rings is 3. The van der Waals surface area contributed by atoms with Gasteiger partial charge in [-0.05, 0) is 61.1 Å². The Morgan fingerprint density at radius 1 is 0.825 bits per heavy atom. The molecule has 0 bridgehead atoms. The standard InChI is InChI=1S/C31H35N3O5S/c35-30(18-15-25-13-16-26(17-14-25)40(37,38)33-21-7-2-8-22-33)34-23-29(39-28-12-6-5-11-27(28)34)31(36)32-20-19-24-9-3-1-4-10-24/h1,3-6,9-14,16-17,29H,2,7-8,15,18-23H2,(H,32,36)/t29-/m1/s1. The lowest BCUT2D eigenvalue weighted by Crippen LogP contribution is -2.51. The number of nitrogens with one attached hydrogen (secondary N) is 1. The summed E-state index contributed by atoms with van der Waals surface area (Å²) in [7, 11) is -3.49. The molecule has 40 heavy (non-hydrogen) atoms. The van der Waals surface area contributed by atoms with E-state index >= 15 is 0 Å². The van der Waals surface area contributed by atoms with Gasteiger partial charge in [0.2, 0.25) is 15.9 Å². The predicted octanol–water partition coefficient (Wildman–Crippen LogP) is 3.95. The monoisotopic (exact) mass is 561 g/mol. The average Bonchev–Trinajstić information content (AvgIpc) is 3.00. The van der Waals surface area contributed by atoms with E-state index in [1.807, 2.05) is 48.5 Å². The van der Waals surface area contributed by atoms with Crippen LogP contribution in [-0.4, -0.2) is 56.8 Å². The van der Waals surface area contributed by atoms with E-state index in [2.05, 4.69) is 5.32 Å². The van der Waals surface area contributed by atoms with Crippen molar-refractivity contribution in [1.82, 2.24) is 9.62 Å². The molecule has 2 heterocycles. The Bertz CT molecular complexity index is 1420. The van der Waals surface area contributed by atoms with Gasteiger partial charge in [-0.15, -0.1) is 0 Å². The van der Waals surface area contributed by atoms with E-state index in [1.165, 1.54) is 0 Å². The number of anilines is 1. The lowest BCUT2D eigenvalue weighted by atomic mass is 10.1. The van der Waals surface area contributed by atoms with Gasteiger partial charge < -0.3 is 15.0 Å². The summed E-state index contributed by atoms with van der Waals surface area (Å²) in [5, 5.41) is 2.94. The van der Waals surface area contributed by atoms with E-state index in [0.717, 1.165) is 30.4 Å². The molecule has 2 aliphatic heterocycles. The molecule has 1 atom stereocenters. The highest BCUT2D eigenvalue weighted by molar-refractivity contribution is 7.89. The van der Waals surface area contributed by atoms with Gasteiger partial charge in [-0.1, -0.05) is 61.0 Å². The molecule has 8 nitrogen and oxygen atoms in total. The van der Waals surface area contributed by atoms with Gasteiger partial charge in [-0.3, -0.25) is 9.59 Å². The number of piperidine rings is 1. The van der Waals surface area contributed by atoms with Gasteiger partial charge in [0.15, 0.2) is 6.10 Å². The van der Waals surface area contributed by atoms with Crippen LogP contribution in [0.25, 0.3) is 0 Å². The van der Waals surface area contributed by atoms with Crippen molar-refractivity contribution >= 4 is 27.5 Å². The summed E-state index contributed by atoms with van der Waals surface area (Å²) in [5.41, 5.74) is 2.65. The molecule has 9 heteroatoms. The van der Waals surface area contributed by atoms with Gasteiger partial charge >= 0.3 is 0 Å². The highest BCUT2D eigenvalue weighted by Gasteiger charge is 2.33. The number of sulfonamides is 1. The molecule has 5 rings (SSSR count). The van der Waals surface area contributed by atoms with E-state index in [4.69, 9.17) is 4.74 Å². The summed E-state index contributed by atoms with van der Waals surface area (Å²) in [4.78, 5) is 28.2. The SMILES string of the molecule is O=C(NCCc1ccccc1)[C@H]1CN(C(=O)CCc2ccc(S(=O)(=O)N3CCCCC3)cc2)c2ccccc2O1. The summed E-state index contributed by atoms with van der Waals surface area (Å²) >= 11 is 0. The minimum absolute atomic E-state index is 0.122. The maximum absolute atomic E-state index is 13.4. The number of hydrogen-bond donors (Lipinski definition) is 1. The Balaban J connectivity index is 1.20. The molecule has 1 fully saturated rings. The van der Waals surface area contributed by atoms with Gasteiger partial charge in [0.05, 0.1) is 17.1 Å². The zero-order valence-corrected chi connectivity index (χ0v) is 23.3. The number of amides is 2. The Labute approximate surface area is 236 Å². The lowest BCUT2D eigenvalue weighted by molar-refractivity contribution is -0.128. The zero-order chi connectivity index (χ0) is 28.0. The fraction of sp³-hybridized carbons (Fsp3) is 0.355. The van der Waals surface area contributed by atoms with Gasteiger partial charge in [-0.25, -0.2) is 8.42 Å². The van der Waals surface area contributed by atoms with E-state index < -0.39 is 16.1 Å². The van der Waals surface area contributed by atoms with Crippen molar-refractivity contribution < 1.29 is 22.7 Å². The van der Waals surface area contributed by atoms with Crippen molar-refractivity contribution in [1.29, 1.82) is 0 Å². The largest absolute Gasteiger partial charge is 0.477 e. The van der Waals surface area contributed by atoms with Crippen molar-refractivity contribution in [3.05, 3.63) is 90.0 Å². The van der Waals surface area contributed by atoms with Crippen molar-refractivity contribution in [3.63, 3.8) is 0 Å². The summed E-state index contributed by atoms with van der Waals surface area (Å²) < 4.78 is 33.4. The Kier molecular flexibility index (Phi) is 8.81. The van der Waals surface area contributed by atoms with Gasteiger partial charge in [-0.2, -0.15) is 4.31 Å². The molecular formula is C31H35N3O5S. The number of aryl methyl sites for hydroxylation is 1. The quantitative estimate of drug-likeness (QED) is 0.427. The summed E-state index contributed by atoms with van der Waals surface area (Å²) in [6, 6.07) is 24.0. The molecule has 210 valence electrons. The second kappa shape index (κ2) is 12.7. The molecule has 0 saturated carbocycles. The molecule has 3 aromatic rings. The van der Waals surface area contributed by atoms with Crippen LogP contribution >= 0.6 is 0 Å². The fourth-order valence-corrected chi connectivity index (χ4v) is 6.68. The summed E-state index contributed by atoms with van der Waals surface area (Å²) in [6.07, 6.45) is 3.41. The first kappa shape index (κ1) is 27.9. The molecule has 0 aromatic heterocycles. The highest BCUT2D eigenvalue weighted by Crippen LogP contribution is 2.33. The van der Waals surface area contributed by atoms with Crippen LogP contribution < -0.4 is 15.0 Å². The van der Waals surface area contributed by atoms with E-state index in [1.54, 1.807) is 39.5 Å². The number of ether oxygens (including phenoxy) is 1. The minimum Gasteiger partial charge on any atom is -0.477 e. The third-order valence-electron chi connectivity index (χ3n) is 7.43. The smallest absolute Gasteiger partial charge is 0.262 e. The molecule has 3 aromatic carbocycles. The maximum atomic E-state index is 13.4. The molecule has 0 spiro atoms. The number of para-hydroxylation sites is 2. The van der Waals surface area contributed by atoms with Gasteiger partial charge in [0.1, 0.15) is 5.75 Å². The molecule has 1 N–H and O–H groups in total. The van der Waals surface area contributed by atoms with Crippen LogP contribution in [0.1, 0.15) is 36.8 Å². The molecule has 0 unspecified atom stereocenters. The van der Waals surface area contributed by atoms with Crippen LogP contribution in [0.5, 0.6) is 5.75 Å². The highest BCUT2D eigenvalue weighted by atomic mass is 32.2. The van der Waals surface area contributed by atoms with Crippen LogP contribution in [0.4, 0.5) is 5.69 Å². The van der Waals surface area contributed by atoms with Crippen LogP contribution in [0, 0.1) is 0 Å². The van der Waals surface area contributed by atoms with E-state index in [-0.39, 0.29) is 29.7 Å². The number of hydrogen-bond acceptors (Lipinski definition) is 5.